The lowest BCUT2D eigenvalue weighted by Crippen LogP contribution is -1.96. The van der Waals surface area contributed by atoms with Crippen LogP contribution in [0.25, 0.3) is 10.4 Å². The van der Waals surface area contributed by atoms with Crippen molar-refractivity contribution in [2.75, 3.05) is 7.11 Å². The summed E-state index contributed by atoms with van der Waals surface area (Å²) in [5, 5.41) is 0. The molecular weight excluding hydrogens is 210 g/mol. The van der Waals surface area contributed by atoms with Crippen molar-refractivity contribution in [2.45, 2.75) is 0 Å². The van der Waals surface area contributed by atoms with Gasteiger partial charge in [-0.25, -0.2) is 4.79 Å². The van der Waals surface area contributed by atoms with Gasteiger partial charge in [0.2, 0.25) is 0 Å². The van der Waals surface area contributed by atoms with E-state index in [1.165, 1.54) is 18.4 Å². The van der Waals surface area contributed by atoms with Gasteiger partial charge in [0.25, 0.3) is 0 Å². The van der Waals surface area contributed by atoms with Crippen molar-refractivity contribution >= 4 is 17.3 Å². The number of methoxy groups -OCH3 is 1. The van der Waals surface area contributed by atoms with E-state index in [0.717, 1.165) is 10.4 Å². The van der Waals surface area contributed by atoms with Crippen LogP contribution in [0.4, 0.5) is 0 Å². The average molecular weight is 219 g/mol. The first kappa shape index (κ1) is 9.86. The number of nitrogens with zero attached hydrogens (tertiary/aromatic N) is 1. The zero-order valence-electron chi connectivity index (χ0n) is 8.14. The van der Waals surface area contributed by atoms with Crippen LogP contribution >= 0.6 is 11.3 Å². The second kappa shape index (κ2) is 4.23. The van der Waals surface area contributed by atoms with Crippen LogP contribution in [0, 0.1) is 0 Å². The zero-order valence-corrected chi connectivity index (χ0v) is 8.95. The highest BCUT2D eigenvalue weighted by molar-refractivity contribution is 7.17. The van der Waals surface area contributed by atoms with Crippen LogP contribution in [0.5, 0.6) is 0 Å². The van der Waals surface area contributed by atoms with Crippen LogP contribution in [0.15, 0.2) is 36.7 Å². The summed E-state index contributed by atoms with van der Waals surface area (Å²) in [6.07, 6.45) is 3.46. The van der Waals surface area contributed by atoms with Crippen LogP contribution in [0.3, 0.4) is 0 Å². The maximum absolute atomic E-state index is 11.2. The van der Waals surface area contributed by atoms with Gasteiger partial charge < -0.3 is 4.74 Å². The summed E-state index contributed by atoms with van der Waals surface area (Å²) in [4.78, 5) is 16.8. The summed E-state index contributed by atoms with van der Waals surface area (Å²) in [5.74, 6) is -0.291. The Morgan fingerprint density at radius 1 is 1.27 bits per heavy atom. The molecule has 0 saturated heterocycles. The van der Waals surface area contributed by atoms with E-state index in [1.807, 2.05) is 18.2 Å². The average Bonchev–Trinajstić information content (AvgIpc) is 2.78. The molecule has 0 fully saturated rings. The van der Waals surface area contributed by atoms with Crippen LogP contribution < -0.4 is 0 Å². The molecule has 76 valence electrons. The van der Waals surface area contributed by atoms with Crippen molar-refractivity contribution in [3.8, 4) is 10.4 Å². The molecule has 0 unspecified atom stereocenters. The van der Waals surface area contributed by atoms with Gasteiger partial charge in [-0.05, 0) is 29.8 Å². The van der Waals surface area contributed by atoms with E-state index in [4.69, 9.17) is 0 Å². The number of aromatic nitrogens is 1. The number of rotatable bonds is 2. The zero-order chi connectivity index (χ0) is 10.7. The Morgan fingerprint density at radius 2 is 2.00 bits per heavy atom. The first-order valence-corrected chi connectivity index (χ1v) is 5.21. The Balaban J connectivity index is 2.32. The van der Waals surface area contributed by atoms with Crippen LogP contribution in [-0.2, 0) is 4.74 Å². The molecule has 0 spiro atoms. The molecule has 0 aromatic carbocycles. The van der Waals surface area contributed by atoms with Gasteiger partial charge in [0.1, 0.15) is 4.88 Å². The first-order valence-electron chi connectivity index (χ1n) is 4.40. The number of pyridine rings is 1. The summed E-state index contributed by atoms with van der Waals surface area (Å²) < 4.78 is 4.64. The second-order valence-electron chi connectivity index (χ2n) is 2.89. The van der Waals surface area contributed by atoms with E-state index in [1.54, 1.807) is 18.5 Å². The lowest BCUT2D eigenvalue weighted by atomic mass is 10.2. The van der Waals surface area contributed by atoms with Crippen molar-refractivity contribution in [3.63, 3.8) is 0 Å². The van der Waals surface area contributed by atoms with E-state index >= 15 is 0 Å². The van der Waals surface area contributed by atoms with Crippen LogP contribution in [-0.4, -0.2) is 18.1 Å². The van der Waals surface area contributed by atoms with Gasteiger partial charge in [-0.15, -0.1) is 11.3 Å². The Labute approximate surface area is 91.4 Å². The van der Waals surface area contributed by atoms with E-state index in [9.17, 15) is 4.79 Å². The molecule has 3 nitrogen and oxygen atoms in total. The Hall–Kier alpha value is -1.68. The fraction of sp³-hybridized carbons (Fsp3) is 0.0909. The third kappa shape index (κ3) is 2.05. The number of hydrogen-bond acceptors (Lipinski definition) is 4. The lowest BCUT2D eigenvalue weighted by molar-refractivity contribution is 0.0606. The number of thiophene rings is 1. The molecule has 0 aliphatic heterocycles. The minimum atomic E-state index is -0.291. The lowest BCUT2D eigenvalue weighted by Gasteiger charge is -1.94. The first-order chi connectivity index (χ1) is 7.31. The van der Waals surface area contributed by atoms with E-state index in [-0.39, 0.29) is 5.97 Å². The van der Waals surface area contributed by atoms with Gasteiger partial charge in [-0.2, -0.15) is 0 Å². The predicted molar refractivity (Wildman–Crippen MR) is 58.9 cm³/mol. The summed E-state index contributed by atoms with van der Waals surface area (Å²) >= 11 is 1.42. The highest BCUT2D eigenvalue weighted by atomic mass is 32.1. The largest absolute Gasteiger partial charge is 0.465 e. The Bertz CT molecular complexity index is 464. The van der Waals surface area contributed by atoms with E-state index in [2.05, 4.69) is 9.72 Å². The summed E-state index contributed by atoms with van der Waals surface area (Å²) in [6.45, 7) is 0. The van der Waals surface area contributed by atoms with Crippen molar-refractivity contribution in [1.82, 2.24) is 4.98 Å². The number of carbonyl (C=O) groups excluding carboxylic acids is 1. The van der Waals surface area contributed by atoms with E-state index in [0.29, 0.717) is 4.88 Å². The summed E-state index contributed by atoms with van der Waals surface area (Å²) in [5.41, 5.74) is 1.06. The number of esters is 1. The molecule has 2 rings (SSSR count). The van der Waals surface area contributed by atoms with Crippen molar-refractivity contribution < 1.29 is 9.53 Å². The molecular formula is C11H9NO2S. The normalized spacial score (nSPS) is 9.93. The predicted octanol–water partition coefficient (Wildman–Crippen LogP) is 2.60. The van der Waals surface area contributed by atoms with Gasteiger partial charge in [-0.3, -0.25) is 4.98 Å². The molecule has 0 bridgehead atoms. The molecule has 0 amide bonds. The van der Waals surface area contributed by atoms with E-state index < -0.39 is 0 Å². The van der Waals surface area contributed by atoms with Gasteiger partial charge in [0, 0.05) is 17.3 Å². The Morgan fingerprint density at radius 3 is 2.67 bits per heavy atom. The topological polar surface area (TPSA) is 39.2 Å². The molecule has 0 aliphatic rings. The molecule has 2 aromatic rings. The van der Waals surface area contributed by atoms with Crippen LogP contribution in [0.1, 0.15) is 9.67 Å². The molecule has 0 saturated carbocycles. The third-order valence-corrected chi connectivity index (χ3v) is 3.07. The number of hydrogen-bond donors (Lipinski definition) is 0. The third-order valence-electron chi connectivity index (χ3n) is 1.96. The Kier molecular flexibility index (Phi) is 2.78. The number of ether oxygens (including phenoxy) is 1. The van der Waals surface area contributed by atoms with Crippen LogP contribution in [0.2, 0.25) is 0 Å². The quantitative estimate of drug-likeness (QED) is 0.729. The summed E-state index contributed by atoms with van der Waals surface area (Å²) in [6, 6.07) is 7.50. The molecule has 0 atom stereocenters. The van der Waals surface area contributed by atoms with Gasteiger partial charge in [-0.1, -0.05) is 0 Å². The minimum absolute atomic E-state index is 0.291. The highest BCUT2D eigenvalue weighted by Crippen LogP contribution is 2.27. The fourth-order valence-electron chi connectivity index (χ4n) is 1.22. The highest BCUT2D eigenvalue weighted by Gasteiger charge is 2.09. The molecule has 4 heteroatoms. The smallest absolute Gasteiger partial charge is 0.348 e. The number of carbonyl (C=O) groups is 1. The SMILES string of the molecule is COC(=O)c1ccc(-c2ccncc2)s1. The van der Waals surface area contributed by atoms with Gasteiger partial charge in [0.05, 0.1) is 7.11 Å². The van der Waals surface area contributed by atoms with Crippen molar-refractivity contribution in [2.24, 2.45) is 0 Å². The monoisotopic (exact) mass is 219 g/mol. The van der Waals surface area contributed by atoms with Crippen molar-refractivity contribution in [3.05, 3.63) is 41.5 Å². The molecule has 0 radical (unpaired) electrons. The molecule has 2 aromatic heterocycles. The van der Waals surface area contributed by atoms with Crippen molar-refractivity contribution in [1.29, 1.82) is 0 Å². The minimum Gasteiger partial charge on any atom is -0.465 e. The second-order valence-corrected chi connectivity index (χ2v) is 3.98. The summed E-state index contributed by atoms with van der Waals surface area (Å²) in [7, 11) is 1.38. The molecule has 15 heavy (non-hydrogen) atoms. The molecule has 0 N–H and O–H groups in total. The fourth-order valence-corrected chi connectivity index (χ4v) is 2.15. The maximum atomic E-state index is 11.2. The van der Waals surface area contributed by atoms with Gasteiger partial charge in [0.15, 0.2) is 0 Å². The maximum Gasteiger partial charge on any atom is 0.348 e. The van der Waals surface area contributed by atoms with Gasteiger partial charge >= 0.3 is 5.97 Å². The molecule has 2 heterocycles. The molecule has 0 aliphatic carbocycles. The standard InChI is InChI=1S/C11H9NO2S/c1-14-11(13)10-3-2-9(15-10)8-4-6-12-7-5-8/h2-7H,1H3.